The lowest BCUT2D eigenvalue weighted by Crippen LogP contribution is -2.38. The van der Waals surface area contributed by atoms with Gasteiger partial charge < -0.3 is 20.7 Å². The molecule has 1 saturated carbocycles. The molecular weight excluding hydrogens is 494 g/mol. The van der Waals surface area contributed by atoms with Gasteiger partial charge in [0.2, 0.25) is 5.91 Å². The SMILES string of the molecule is CNc1ccc(C(=O)Nc2ccccn2)cc1N=Cc1ccc(NC(=O)C2CCC(C)(OC(C)=O)CC2)cc1. The zero-order valence-corrected chi connectivity index (χ0v) is 22.4. The Labute approximate surface area is 228 Å². The van der Waals surface area contributed by atoms with Gasteiger partial charge in [-0.2, -0.15) is 0 Å². The van der Waals surface area contributed by atoms with Crippen molar-refractivity contribution in [2.75, 3.05) is 23.0 Å². The van der Waals surface area contributed by atoms with Crippen LogP contribution in [0.2, 0.25) is 0 Å². The zero-order chi connectivity index (χ0) is 27.8. The van der Waals surface area contributed by atoms with Gasteiger partial charge in [0, 0.05) is 43.6 Å². The van der Waals surface area contributed by atoms with Crippen molar-refractivity contribution >= 4 is 46.9 Å². The lowest BCUT2D eigenvalue weighted by molar-refractivity contribution is -0.159. The molecule has 9 nitrogen and oxygen atoms in total. The average molecular weight is 528 g/mol. The maximum atomic E-state index is 12.8. The minimum absolute atomic E-state index is 0.0271. The molecule has 2 aromatic carbocycles. The van der Waals surface area contributed by atoms with Crippen LogP contribution in [0.3, 0.4) is 0 Å². The molecule has 0 spiro atoms. The van der Waals surface area contributed by atoms with Crippen molar-refractivity contribution in [1.82, 2.24) is 4.98 Å². The lowest BCUT2D eigenvalue weighted by atomic mass is 9.79. The normalized spacial score (nSPS) is 18.8. The minimum Gasteiger partial charge on any atom is -0.460 e. The van der Waals surface area contributed by atoms with Gasteiger partial charge in [-0.1, -0.05) is 18.2 Å². The second-order valence-electron chi connectivity index (χ2n) is 9.84. The number of carbonyl (C=O) groups excluding carboxylic acids is 3. The van der Waals surface area contributed by atoms with Gasteiger partial charge in [0.05, 0.1) is 11.4 Å². The van der Waals surface area contributed by atoms with E-state index in [-0.39, 0.29) is 23.7 Å². The largest absolute Gasteiger partial charge is 0.460 e. The number of ether oxygens (including phenoxy) is 1. The van der Waals surface area contributed by atoms with Gasteiger partial charge in [-0.3, -0.25) is 19.4 Å². The lowest BCUT2D eigenvalue weighted by Gasteiger charge is -2.36. The molecule has 0 radical (unpaired) electrons. The van der Waals surface area contributed by atoms with Gasteiger partial charge in [-0.15, -0.1) is 0 Å². The van der Waals surface area contributed by atoms with E-state index in [1.807, 2.05) is 31.2 Å². The van der Waals surface area contributed by atoms with Gasteiger partial charge in [-0.25, -0.2) is 4.98 Å². The Hall–Kier alpha value is -4.53. The number of amides is 2. The molecule has 0 unspecified atom stereocenters. The summed E-state index contributed by atoms with van der Waals surface area (Å²) in [7, 11) is 1.79. The summed E-state index contributed by atoms with van der Waals surface area (Å²) in [4.78, 5) is 45.5. The number of aromatic nitrogens is 1. The number of hydrogen-bond acceptors (Lipinski definition) is 7. The third-order valence-corrected chi connectivity index (χ3v) is 6.77. The first-order valence-corrected chi connectivity index (χ1v) is 12.9. The molecule has 2 amide bonds. The molecule has 0 bridgehead atoms. The van der Waals surface area contributed by atoms with E-state index in [0.29, 0.717) is 48.4 Å². The van der Waals surface area contributed by atoms with Crippen LogP contribution in [-0.2, 0) is 14.3 Å². The maximum absolute atomic E-state index is 12.8. The Morgan fingerprint density at radius 1 is 1.03 bits per heavy atom. The van der Waals surface area contributed by atoms with Gasteiger partial charge >= 0.3 is 5.97 Å². The molecule has 0 saturated heterocycles. The molecule has 1 heterocycles. The molecule has 202 valence electrons. The van der Waals surface area contributed by atoms with Crippen LogP contribution in [0.4, 0.5) is 22.9 Å². The summed E-state index contributed by atoms with van der Waals surface area (Å²) >= 11 is 0. The first-order valence-electron chi connectivity index (χ1n) is 12.9. The third kappa shape index (κ3) is 7.50. The summed E-state index contributed by atoms with van der Waals surface area (Å²) in [5.74, 6) is -0.231. The summed E-state index contributed by atoms with van der Waals surface area (Å²) < 4.78 is 5.44. The highest BCUT2D eigenvalue weighted by Crippen LogP contribution is 2.35. The Kier molecular flexibility index (Phi) is 8.70. The van der Waals surface area contributed by atoms with Crippen LogP contribution in [0.25, 0.3) is 0 Å². The molecule has 1 aromatic heterocycles. The topological polar surface area (TPSA) is 122 Å². The fraction of sp³-hybridized carbons (Fsp3) is 0.300. The number of carbonyl (C=O) groups is 3. The number of hydrogen-bond donors (Lipinski definition) is 3. The summed E-state index contributed by atoms with van der Waals surface area (Å²) in [6.45, 7) is 3.34. The predicted molar refractivity (Wildman–Crippen MR) is 153 cm³/mol. The fourth-order valence-corrected chi connectivity index (χ4v) is 4.60. The third-order valence-electron chi connectivity index (χ3n) is 6.77. The minimum atomic E-state index is -0.487. The van der Waals surface area contributed by atoms with Gasteiger partial charge in [0.15, 0.2) is 0 Å². The average Bonchev–Trinajstić information content (AvgIpc) is 2.92. The van der Waals surface area contributed by atoms with Crippen LogP contribution in [0.1, 0.15) is 55.5 Å². The van der Waals surface area contributed by atoms with E-state index in [1.54, 1.807) is 55.9 Å². The van der Waals surface area contributed by atoms with Crippen molar-refractivity contribution in [2.45, 2.75) is 45.1 Å². The molecule has 0 aliphatic heterocycles. The number of benzene rings is 2. The highest BCUT2D eigenvalue weighted by atomic mass is 16.6. The summed E-state index contributed by atoms with van der Waals surface area (Å²) in [6, 6.07) is 18.0. The van der Waals surface area contributed by atoms with Crippen LogP contribution >= 0.6 is 0 Å². The van der Waals surface area contributed by atoms with E-state index in [2.05, 4.69) is 25.9 Å². The molecular formula is C30H33N5O4. The van der Waals surface area contributed by atoms with Crippen LogP contribution in [0.5, 0.6) is 0 Å². The van der Waals surface area contributed by atoms with Crippen molar-refractivity contribution in [3.05, 3.63) is 78.0 Å². The first kappa shape index (κ1) is 27.5. The van der Waals surface area contributed by atoms with Gasteiger partial charge in [-0.05, 0) is 80.6 Å². The Morgan fingerprint density at radius 2 is 1.77 bits per heavy atom. The number of nitrogens with zero attached hydrogens (tertiary/aromatic N) is 2. The number of rotatable bonds is 8. The molecule has 1 fully saturated rings. The number of pyridine rings is 1. The summed E-state index contributed by atoms with van der Waals surface area (Å²) in [5.41, 5.74) is 2.91. The van der Waals surface area contributed by atoms with Gasteiger partial charge in [0.1, 0.15) is 11.4 Å². The van der Waals surface area contributed by atoms with E-state index < -0.39 is 5.60 Å². The van der Waals surface area contributed by atoms with Crippen LogP contribution in [-0.4, -0.2) is 41.6 Å². The van der Waals surface area contributed by atoms with E-state index >= 15 is 0 Å². The first-order chi connectivity index (χ1) is 18.7. The summed E-state index contributed by atoms with van der Waals surface area (Å²) in [5, 5.41) is 8.86. The van der Waals surface area contributed by atoms with Gasteiger partial charge in [0.25, 0.3) is 5.91 Å². The van der Waals surface area contributed by atoms with Crippen molar-refractivity contribution in [1.29, 1.82) is 0 Å². The highest BCUT2D eigenvalue weighted by molar-refractivity contribution is 6.05. The molecule has 0 atom stereocenters. The standard InChI is InChI=1S/C30H33N5O4/c1-20(36)39-30(2)15-13-22(14-16-30)28(37)34-24-10-7-21(8-11-24)19-33-26-18-23(9-12-25(26)31-3)29(38)35-27-6-4-5-17-32-27/h4-12,17-19,22,31H,13-16H2,1-3H3,(H,34,37)(H,32,35,38). The summed E-state index contributed by atoms with van der Waals surface area (Å²) in [6.07, 6.45) is 6.01. The predicted octanol–water partition coefficient (Wildman–Crippen LogP) is 5.58. The Morgan fingerprint density at radius 3 is 2.41 bits per heavy atom. The van der Waals surface area contributed by atoms with E-state index in [0.717, 1.165) is 11.3 Å². The van der Waals surface area contributed by atoms with Crippen molar-refractivity contribution in [3.8, 4) is 0 Å². The Balaban J connectivity index is 1.37. The zero-order valence-electron chi connectivity index (χ0n) is 22.4. The highest BCUT2D eigenvalue weighted by Gasteiger charge is 2.36. The molecule has 4 rings (SSSR count). The van der Waals surface area contributed by atoms with E-state index in [4.69, 9.17) is 4.74 Å². The second-order valence-corrected chi connectivity index (χ2v) is 9.84. The molecule has 3 aromatic rings. The van der Waals surface area contributed by atoms with E-state index in [9.17, 15) is 14.4 Å². The van der Waals surface area contributed by atoms with E-state index in [1.165, 1.54) is 6.92 Å². The smallest absolute Gasteiger partial charge is 0.303 e. The molecule has 39 heavy (non-hydrogen) atoms. The van der Waals surface area contributed by atoms with Crippen molar-refractivity contribution < 1.29 is 19.1 Å². The number of aliphatic imine (C=N–C) groups is 1. The van der Waals surface area contributed by atoms with Crippen molar-refractivity contribution in [2.24, 2.45) is 10.9 Å². The second kappa shape index (κ2) is 12.3. The van der Waals surface area contributed by atoms with Crippen LogP contribution in [0, 0.1) is 5.92 Å². The molecule has 1 aliphatic rings. The quantitative estimate of drug-likeness (QED) is 0.260. The number of esters is 1. The number of anilines is 3. The number of nitrogens with one attached hydrogen (secondary N) is 3. The van der Waals surface area contributed by atoms with Crippen molar-refractivity contribution in [3.63, 3.8) is 0 Å². The maximum Gasteiger partial charge on any atom is 0.303 e. The fourth-order valence-electron chi connectivity index (χ4n) is 4.60. The van der Waals surface area contributed by atoms with Crippen LogP contribution < -0.4 is 16.0 Å². The molecule has 9 heteroatoms. The van der Waals surface area contributed by atoms with Crippen LogP contribution in [0.15, 0.2) is 71.9 Å². The Bertz CT molecular complexity index is 1350. The monoisotopic (exact) mass is 527 g/mol. The molecule has 1 aliphatic carbocycles. The molecule has 3 N–H and O–H groups in total.